The smallest absolute Gasteiger partial charge is 0.323 e. The van der Waals surface area contributed by atoms with Crippen molar-refractivity contribution >= 4 is 33.3 Å². The highest BCUT2D eigenvalue weighted by Crippen LogP contribution is 2.31. The highest BCUT2D eigenvalue weighted by atomic mass is 32.2. The summed E-state index contributed by atoms with van der Waals surface area (Å²) >= 11 is 0. The number of aliphatic hydroxyl groups excluding tert-OH is 1. The number of aliphatic hydroxyl groups is 1. The highest BCUT2D eigenvalue weighted by molar-refractivity contribution is 7.89. The van der Waals surface area contributed by atoms with Crippen molar-refractivity contribution in [1.29, 1.82) is 0 Å². The van der Waals surface area contributed by atoms with E-state index in [-0.39, 0.29) is 47.7 Å². The molecule has 1 aliphatic rings. The third kappa shape index (κ3) is 6.61. The molecule has 0 unspecified atom stereocenters. The fourth-order valence-electron chi connectivity index (χ4n) is 4.46. The molecule has 0 saturated heterocycles. The number of ether oxygens (including phenoxy) is 1. The number of hydrogen-bond donors (Lipinski definition) is 3. The van der Waals surface area contributed by atoms with Crippen LogP contribution in [-0.4, -0.2) is 73.6 Å². The number of rotatable bonds is 8. The van der Waals surface area contributed by atoms with Crippen LogP contribution in [0.1, 0.15) is 24.2 Å². The minimum Gasteiger partial charge on any atom is -0.488 e. The fraction of sp³-hybridized carbons (Fsp3) is 0.310. The van der Waals surface area contributed by atoms with Gasteiger partial charge in [0.05, 0.1) is 29.7 Å². The summed E-state index contributed by atoms with van der Waals surface area (Å²) in [6.07, 6.45) is -0.607. The van der Waals surface area contributed by atoms with Crippen molar-refractivity contribution in [3.8, 4) is 5.75 Å². The number of benzene rings is 3. The maximum atomic E-state index is 13.6. The van der Waals surface area contributed by atoms with Crippen LogP contribution in [0.25, 0.3) is 0 Å². The molecule has 3 aromatic rings. The summed E-state index contributed by atoms with van der Waals surface area (Å²) in [4.78, 5) is 27.9. The first-order chi connectivity index (χ1) is 19.1. The monoisotopic (exact) mass is 566 g/mol. The second-order valence-electron chi connectivity index (χ2n) is 9.88. The van der Waals surface area contributed by atoms with E-state index in [1.807, 2.05) is 13.0 Å². The molecule has 11 heteroatoms. The SMILES string of the molecule is C[C@@H]1CN([C@H](C)CO)C(=O)c2cc(NC(=O)Nc3ccccc3)ccc2O[C@H]1CN(C)S(=O)(=O)c1ccccc1. The van der Waals surface area contributed by atoms with Gasteiger partial charge in [-0.1, -0.05) is 43.3 Å². The van der Waals surface area contributed by atoms with Gasteiger partial charge >= 0.3 is 6.03 Å². The number of para-hydroxylation sites is 1. The average Bonchev–Trinajstić information content (AvgIpc) is 2.95. The first kappa shape index (κ1) is 29.1. The maximum absolute atomic E-state index is 13.6. The summed E-state index contributed by atoms with van der Waals surface area (Å²) in [7, 11) is -2.28. The lowest BCUT2D eigenvalue weighted by Crippen LogP contribution is -2.50. The highest BCUT2D eigenvalue weighted by Gasteiger charge is 2.35. The third-order valence-electron chi connectivity index (χ3n) is 6.84. The summed E-state index contributed by atoms with van der Waals surface area (Å²) in [5.41, 5.74) is 1.18. The Morgan fingerprint density at radius 2 is 1.68 bits per heavy atom. The quantitative estimate of drug-likeness (QED) is 0.380. The van der Waals surface area contributed by atoms with E-state index in [0.29, 0.717) is 11.4 Å². The van der Waals surface area contributed by atoms with Crippen molar-refractivity contribution in [3.63, 3.8) is 0 Å². The minimum atomic E-state index is -3.77. The standard InChI is InChI=1S/C29H34N4O6S/c1-20-17-33(21(2)19-34)28(35)25-16-23(31-29(36)30-22-10-6-4-7-11-22)14-15-26(25)39-27(20)18-32(3)40(37,38)24-12-8-5-9-13-24/h4-16,20-21,27,34H,17-19H2,1-3H3,(H2,30,31,36)/t20-,21-,27+/m1/s1. The van der Waals surface area contributed by atoms with Gasteiger partial charge < -0.3 is 25.4 Å². The normalized spacial score (nSPS) is 18.2. The summed E-state index contributed by atoms with van der Waals surface area (Å²) in [5, 5.41) is 15.3. The molecule has 3 N–H and O–H groups in total. The Morgan fingerprint density at radius 3 is 2.33 bits per heavy atom. The van der Waals surface area contributed by atoms with E-state index in [4.69, 9.17) is 4.74 Å². The molecule has 10 nitrogen and oxygen atoms in total. The van der Waals surface area contributed by atoms with Gasteiger partial charge in [-0.3, -0.25) is 4.79 Å². The van der Waals surface area contributed by atoms with Gasteiger partial charge in [0.15, 0.2) is 0 Å². The zero-order valence-corrected chi connectivity index (χ0v) is 23.5. The van der Waals surface area contributed by atoms with Crippen LogP contribution in [0, 0.1) is 5.92 Å². The molecule has 3 aromatic carbocycles. The first-order valence-electron chi connectivity index (χ1n) is 13.0. The number of sulfonamides is 1. The Morgan fingerprint density at radius 1 is 1.05 bits per heavy atom. The van der Waals surface area contributed by atoms with Crippen molar-refractivity contribution in [1.82, 2.24) is 9.21 Å². The van der Waals surface area contributed by atoms with Gasteiger partial charge in [0.25, 0.3) is 5.91 Å². The Hall–Kier alpha value is -3.93. The van der Waals surface area contributed by atoms with E-state index in [1.54, 1.807) is 66.4 Å². The summed E-state index contributed by atoms with van der Waals surface area (Å²) < 4.78 is 33.9. The molecule has 212 valence electrons. The Bertz CT molecular complexity index is 1440. The van der Waals surface area contributed by atoms with Crippen molar-refractivity contribution in [2.45, 2.75) is 30.9 Å². The number of urea groups is 1. The summed E-state index contributed by atoms with van der Waals surface area (Å²) in [5.74, 6) is -0.371. The number of anilines is 2. The van der Waals surface area contributed by atoms with Crippen molar-refractivity contribution in [2.75, 3.05) is 37.4 Å². The van der Waals surface area contributed by atoms with E-state index in [9.17, 15) is 23.1 Å². The molecule has 0 fully saturated rings. The molecule has 0 saturated carbocycles. The van der Waals surface area contributed by atoms with Gasteiger partial charge in [-0.15, -0.1) is 0 Å². The fourth-order valence-corrected chi connectivity index (χ4v) is 5.66. The Balaban J connectivity index is 1.62. The number of nitrogens with zero attached hydrogens (tertiary/aromatic N) is 2. The Labute approximate surface area is 234 Å². The van der Waals surface area contributed by atoms with Crippen LogP contribution in [-0.2, 0) is 10.0 Å². The number of amides is 3. The first-order valence-corrected chi connectivity index (χ1v) is 14.4. The molecule has 0 aliphatic carbocycles. The van der Waals surface area contributed by atoms with Crippen LogP contribution in [0.4, 0.5) is 16.2 Å². The second kappa shape index (κ2) is 12.5. The number of nitrogens with one attached hydrogen (secondary N) is 2. The molecule has 0 aromatic heterocycles. The van der Waals surface area contributed by atoms with Gasteiger partial charge in [-0.25, -0.2) is 13.2 Å². The largest absolute Gasteiger partial charge is 0.488 e. The second-order valence-corrected chi connectivity index (χ2v) is 11.9. The lowest BCUT2D eigenvalue weighted by molar-refractivity contribution is 0.0387. The van der Waals surface area contributed by atoms with E-state index in [0.717, 1.165) is 0 Å². The topological polar surface area (TPSA) is 128 Å². The van der Waals surface area contributed by atoms with Crippen LogP contribution >= 0.6 is 0 Å². The van der Waals surface area contributed by atoms with Crippen molar-refractivity contribution in [2.24, 2.45) is 5.92 Å². The molecule has 0 spiro atoms. The van der Waals surface area contributed by atoms with E-state index >= 15 is 0 Å². The molecular formula is C29H34N4O6S. The van der Waals surface area contributed by atoms with Crippen molar-refractivity contribution in [3.05, 3.63) is 84.4 Å². The summed E-state index contributed by atoms with van der Waals surface area (Å²) in [6.45, 7) is 3.64. The molecule has 40 heavy (non-hydrogen) atoms. The Kier molecular flexibility index (Phi) is 9.08. The lowest BCUT2D eigenvalue weighted by atomic mass is 9.99. The average molecular weight is 567 g/mol. The predicted octanol–water partition coefficient (Wildman–Crippen LogP) is 3.87. The van der Waals surface area contributed by atoms with E-state index < -0.39 is 28.2 Å². The lowest BCUT2D eigenvalue weighted by Gasteiger charge is -2.38. The van der Waals surface area contributed by atoms with Gasteiger partial charge in [0.2, 0.25) is 10.0 Å². The number of carbonyl (C=O) groups is 2. The van der Waals surface area contributed by atoms with E-state index in [1.165, 1.54) is 29.6 Å². The zero-order chi connectivity index (χ0) is 28.9. The zero-order valence-electron chi connectivity index (χ0n) is 22.7. The number of hydrogen-bond acceptors (Lipinski definition) is 6. The third-order valence-corrected chi connectivity index (χ3v) is 8.68. The number of fused-ring (bicyclic) bond motifs is 1. The van der Waals surface area contributed by atoms with Crippen molar-refractivity contribution < 1.29 is 27.9 Å². The molecule has 3 atom stereocenters. The molecule has 3 amide bonds. The van der Waals surface area contributed by atoms with Crippen LogP contribution < -0.4 is 15.4 Å². The van der Waals surface area contributed by atoms with Gasteiger partial charge in [0.1, 0.15) is 11.9 Å². The number of likely N-dealkylation sites (N-methyl/N-ethyl adjacent to an activating group) is 1. The maximum Gasteiger partial charge on any atom is 0.323 e. The van der Waals surface area contributed by atoms with Crippen LogP contribution in [0.3, 0.4) is 0 Å². The molecule has 0 bridgehead atoms. The predicted molar refractivity (Wildman–Crippen MR) is 153 cm³/mol. The molecule has 1 aliphatic heterocycles. The van der Waals surface area contributed by atoms with Gasteiger partial charge in [-0.2, -0.15) is 4.31 Å². The van der Waals surface area contributed by atoms with Crippen LogP contribution in [0.5, 0.6) is 5.75 Å². The molecule has 0 radical (unpaired) electrons. The van der Waals surface area contributed by atoms with Gasteiger partial charge in [0, 0.05) is 30.9 Å². The van der Waals surface area contributed by atoms with Crippen LogP contribution in [0.2, 0.25) is 0 Å². The minimum absolute atomic E-state index is 0.0346. The van der Waals surface area contributed by atoms with Crippen LogP contribution in [0.15, 0.2) is 83.8 Å². The van der Waals surface area contributed by atoms with Gasteiger partial charge in [-0.05, 0) is 49.4 Å². The summed E-state index contributed by atoms with van der Waals surface area (Å²) in [6, 6.07) is 20.8. The molecule has 4 rings (SSSR count). The van der Waals surface area contributed by atoms with E-state index in [2.05, 4.69) is 10.6 Å². The molecular weight excluding hydrogens is 532 g/mol. The molecule has 1 heterocycles. The number of carbonyl (C=O) groups excluding carboxylic acids is 2.